The Bertz CT molecular complexity index is 717. The van der Waals surface area contributed by atoms with E-state index in [9.17, 15) is 4.79 Å². The maximum atomic E-state index is 10.8. The van der Waals surface area contributed by atoms with Gasteiger partial charge in [0.05, 0.1) is 10.6 Å². The Balaban J connectivity index is 1.79. The van der Waals surface area contributed by atoms with Crippen molar-refractivity contribution in [2.24, 2.45) is 4.99 Å². The van der Waals surface area contributed by atoms with Gasteiger partial charge in [0.15, 0.2) is 0 Å². The van der Waals surface area contributed by atoms with Gasteiger partial charge in [-0.15, -0.1) is 0 Å². The van der Waals surface area contributed by atoms with E-state index in [0.29, 0.717) is 17.4 Å². The highest BCUT2D eigenvalue weighted by molar-refractivity contribution is 6.32. The van der Waals surface area contributed by atoms with Crippen LogP contribution in [0.2, 0.25) is 5.02 Å². The van der Waals surface area contributed by atoms with Gasteiger partial charge >= 0.3 is 0 Å². The summed E-state index contributed by atoms with van der Waals surface area (Å²) in [5.41, 5.74) is 1.60. The Hall–Kier alpha value is -2.09. The Labute approximate surface area is 141 Å². The molecule has 23 heavy (non-hydrogen) atoms. The Morgan fingerprint density at radius 1 is 1.13 bits per heavy atom. The van der Waals surface area contributed by atoms with Crippen LogP contribution in [0, 0.1) is 0 Å². The van der Waals surface area contributed by atoms with Crippen LogP contribution in [0.5, 0.6) is 5.75 Å². The van der Waals surface area contributed by atoms with E-state index in [-0.39, 0.29) is 0 Å². The van der Waals surface area contributed by atoms with Crippen LogP contribution < -0.4 is 4.74 Å². The number of rotatable bonds is 5. The lowest BCUT2D eigenvalue weighted by atomic mass is 9.89. The van der Waals surface area contributed by atoms with Crippen molar-refractivity contribution in [3.63, 3.8) is 0 Å². The monoisotopic (exact) mass is 327 g/mol. The molecule has 0 saturated heterocycles. The Morgan fingerprint density at radius 2 is 1.87 bits per heavy atom. The van der Waals surface area contributed by atoms with Crippen molar-refractivity contribution < 1.29 is 9.53 Å². The molecule has 2 aromatic carbocycles. The van der Waals surface area contributed by atoms with E-state index >= 15 is 0 Å². The van der Waals surface area contributed by atoms with Gasteiger partial charge in [0.25, 0.3) is 0 Å². The summed E-state index contributed by atoms with van der Waals surface area (Å²) in [4.78, 5) is 14.9. The molecule has 0 aliphatic heterocycles. The molecule has 0 aromatic heterocycles. The second-order valence-electron chi connectivity index (χ2n) is 5.86. The molecule has 3 nitrogen and oxygen atoms in total. The van der Waals surface area contributed by atoms with E-state index < -0.39 is 5.54 Å². The van der Waals surface area contributed by atoms with Gasteiger partial charge in [-0.3, -0.25) is 0 Å². The second-order valence-corrected chi connectivity index (χ2v) is 6.27. The predicted octanol–water partition coefficient (Wildman–Crippen LogP) is 5.02. The molecule has 1 aliphatic rings. The van der Waals surface area contributed by atoms with Crippen LogP contribution in [0.25, 0.3) is 0 Å². The fraction of sp³-hybridized carbons (Fsp3) is 0.316. The summed E-state index contributed by atoms with van der Waals surface area (Å²) in [5, 5.41) is 0.547. The van der Waals surface area contributed by atoms with Gasteiger partial charge in [-0.25, -0.2) is 4.79 Å². The highest BCUT2D eigenvalue weighted by Crippen LogP contribution is 2.43. The first-order valence-corrected chi connectivity index (χ1v) is 8.17. The zero-order chi connectivity index (χ0) is 16.1. The lowest BCUT2D eigenvalue weighted by Crippen LogP contribution is -2.18. The first-order valence-electron chi connectivity index (χ1n) is 7.79. The summed E-state index contributed by atoms with van der Waals surface area (Å²) in [7, 11) is 0. The molecule has 1 aliphatic carbocycles. The molecule has 0 bridgehead atoms. The quantitative estimate of drug-likeness (QED) is 0.571. The SMILES string of the molecule is O=C=NC1(c2ccc(OCc3ccccc3)c(Cl)c2)CCCC1. The smallest absolute Gasteiger partial charge is 0.235 e. The summed E-state index contributed by atoms with van der Waals surface area (Å²) < 4.78 is 5.79. The first-order chi connectivity index (χ1) is 11.2. The molecule has 1 saturated carbocycles. The fourth-order valence-electron chi connectivity index (χ4n) is 3.15. The fourth-order valence-corrected chi connectivity index (χ4v) is 3.39. The normalized spacial score (nSPS) is 15.9. The summed E-state index contributed by atoms with van der Waals surface area (Å²) in [6.07, 6.45) is 5.59. The van der Waals surface area contributed by atoms with E-state index in [4.69, 9.17) is 16.3 Å². The third kappa shape index (κ3) is 3.47. The van der Waals surface area contributed by atoms with E-state index in [2.05, 4.69) is 4.99 Å². The minimum Gasteiger partial charge on any atom is -0.487 e. The molecular formula is C19H18ClNO2. The zero-order valence-corrected chi connectivity index (χ0v) is 13.6. The Morgan fingerprint density at radius 3 is 2.52 bits per heavy atom. The summed E-state index contributed by atoms with van der Waals surface area (Å²) in [6, 6.07) is 15.6. The molecule has 0 heterocycles. The van der Waals surface area contributed by atoms with Gasteiger partial charge in [0.2, 0.25) is 6.08 Å². The molecule has 0 radical (unpaired) electrons. The average Bonchev–Trinajstić information content (AvgIpc) is 3.05. The van der Waals surface area contributed by atoms with Crippen LogP contribution in [0.15, 0.2) is 53.5 Å². The molecule has 0 unspecified atom stereocenters. The highest BCUT2D eigenvalue weighted by Gasteiger charge is 2.36. The minimum atomic E-state index is -0.455. The number of hydrogen-bond acceptors (Lipinski definition) is 3. The number of ether oxygens (including phenoxy) is 1. The van der Waals surface area contributed by atoms with Gasteiger partial charge in [0.1, 0.15) is 12.4 Å². The van der Waals surface area contributed by atoms with Gasteiger partial charge < -0.3 is 4.74 Å². The maximum absolute atomic E-state index is 10.8. The van der Waals surface area contributed by atoms with Gasteiger partial charge in [-0.2, -0.15) is 4.99 Å². The van der Waals surface area contributed by atoms with Gasteiger partial charge in [-0.05, 0) is 36.1 Å². The standard InChI is InChI=1S/C19H18ClNO2/c20-17-12-16(19(21-14-22)10-4-5-11-19)8-9-18(17)23-13-15-6-2-1-3-7-15/h1-3,6-9,12H,4-5,10-11,13H2. The topological polar surface area (TPSA) is 38.7 Å². The number of nitrogens with zero attached hydrogens (tertiary/aromatic N) is 1. The van der Waals surface area contributed by atoms with Crippen LogP contribution in [0.3, 0.4) is 0 Å². The molecule has 2 aromatic rings. The van der Waals surface area contributed by atoms with Crippen LogP contribution in [0.4, 0.5) is 0 Å². The third-order valence-electron chi connectivity index (χ3n) is 4.40. The van der Waals surface area contributed by atoms with Gasteiger partial charge in [0, 0.05) is 0 Å². The largest absolute Gasteiger partial charge is 0.487 e. The van der Waals surface area contributed by atoms with E-state index in [1.54, 1.807) is 6.08 Å². The van der Waals surface area contributed by atoms with Crippen molar-refractivity contribution in [3.05, 3.63) is 64.7 Å². The van der Waals surface area contributed by atoms with E-state index in [0.717, 1.165) is 36.8 Å². The maximum Gasteiger partial charge on any atom is 0.235 e. The minimum absolute atomic E-state index is 0.455. The van der Waals surface area contributed by atoms with E-state index in [1.165, 1.54) is 0 Å². The van der Waals surface area contributed by atoms with E-state index in [1.807, 2.05) is 48.5 Å². The van der Waals surface area contributed by atoms with Crippen molar-refractivity contribution in [2.45, 2.75) is 37.8 Å². The van der Waals surface area contributed by atoms with Crippen molar-refractivity contribution in [2.75, 3.05) is 0 Å². The number of isocyanates is 1. The molecule has 0 N–H and O–H groups in total. The number of aliphatic imine (C=N–C) groups is 1. The molecule has 0 spiro atoms. The first kappa shape index (κ1) is 15.8. The lowest BCUT2D eigenvalue weighted by molar-refractivity contribution is 0.306. The van der Waals surface area contributed by atoms with Crippen LogP contribution in [-0.2, 0) is 16.9 Å². The summed E-state index contributed by atoms with van der Waals surface area (Å²) >= 11 is 6.37. The van der Waals surface area contributed by atoms with Crippen LogP contribution in [0.1, 0.15) is 36.8 Å². The molecule has 3 rings (SSSR count). The number of halogens is 1. The number of carbonyl (C=O) groups excluding carboxylic acids is 1. The molecule has 4 heteroatoms. The van der Waals surface area contributed by atoms with Gasteiger partial charge in [-0.1, -0.05) is 60.8 Å². The van der Waals surface area contributed by atoms with Crippen LogP contribution in [-0.4, -0.2) is 6.08 Å². The second kappa shape index (κ2) is 6.99. The molecule has 0 atom stereocenters. The molecule has 1 fully saturated rings. The van der Waals surface area contributed by atoms with Crippen molar-refractivity contribution >= 4 is 17.7 Å². The summed E-state index contributed by atoms with van der Waals surface area (Å²) in [5.74, 6) is 0.641. The predicted molar refractivity (Wildman–Crippen MR) is 90.5 cm³/mol. The third-order valence-corrected chi connectivity index (χ3v) is 4.69. The van der Waals surface area contributed by atoms with Crippen molar-refractivity contribution in [3.8, 4) is 5.75 Å². The highest BCUT2D eigenvalue weighted by atomic mass is 35.5. The molecule has 118 valence electrons. The van der Waals surface area contributed by atoms with Crippen molar-refractivity contribution in [1.29, 1.82) is 0 Å². The average molecular weight is 328 g/mol. The number of hydrogen-bond donors (Lipinski definition) is 0. The molecule has 0 amide bonds. The van der Waals surface area contributed by atoms with Crippen LogP contribution >= 0.6 is 11.6 Å². The van der Waals surface area contributed by atoms with Crippen molar-refractivity contribution in [1.82, 2.24) is 0 Å². The summed E-state index contributed by atoms with van der Waals surface area (Å²) in [6.45, 7) is 0.470. The zero-order valence-electron chi connectivity index (χ0n) is 12.8. The lowest BCUT2D eigenvalue weighted by Gasteiger charge is -2.23. The number of benzene rings is 2. The molecular weight excluding hydrogens is 310 g/mol. The Kier molecular flexibility index (Phi) is 4.80.